The number of phenols is 1. The number of rotatable bonds is 17. The normalized spacial score (nSPS) is 23.8. The van der Waals surface area contributed by atoms with Crippen LogP contribution in [0.15, 0.2) is 12.1 Å². The summed E-state index contributed by atoms with van der Waals surface area (Å²) >= 11 is 0. The fourth-order valence-electron chi connectivity index (χ4n) is 16.6. The van der Waals surface area contributed by atoms with Gasteiger partial charge >= 0.3 is 18.2 Å². The largest absolute Gasteiger partial charge is 0.507 e. The number of nitriles is 2. The van der Waals surface area contributed by atoms with E-state index in [9.17, 15) is 39.6 Å². The van der Waals surface area contributed by atoms with Gasteiger partial charge in [-0.2, -0.15) is 10.5 Å². The summed E-state index contributed by atoms with van der Waals surface area (Å²) in [7, 11) is 10.4. The quantitative estimate of drug-likeness (QED) is 0.0394. The van der Waals surface area contributed by atoms with Crippen LogP contribution in [0, 0.1) is 50.4 Å². The number of likely N-dealkylation sites (N-methyl/N-ethyl adjacent to an activating group) is 2. The van der Waals surface area contributed by atoms with Gasteiger partial charge in [-0.15, -0.1) is 0 Å². The fraction of sp³-hybridized carbons (Fsp3) is 0.581. The summed E-state index contributed by atoms with van der Waals surface area (Å²) in [5, 5.41) is 44.9. The first-order valence-electron chi connectivity index (χ1n) is 34.6. The number of hydrogen-bond donors (Lipinski definition) is 5. The maximum atomic E-state index is 13.6. The van der Waals surface area contributed by atoms with Gasteiger partial charge in [0.25, 0.3) is 0 Å². The van der Waals surface area contributed by atoms with E-state index in [0.717, 1.165) is 38.9 Å². The molecule has 556 valence electrons. The molecule has 0 aliphatic carbocycles. The molecule has 12 atom stereocenters. The van der Waals surface area contributed by atoms with E-state index in [1.165, 1.54) is 6.92 Å². The number of carbonyl (C=O) groups excluding carboxylic acids is 5. The van der Waals surface area contributed by atoms with Crippen LogP contribution in [0.1, 0.15) is 153 Å². The maximum absolute atomic E-state index is 13.6. The zero-order chi connectivity index (χ0) is 74.7. The molecule has 2 saturated heterocycles. The number of ether oxygens (including phenoxy) is 13. The van der Waals surface area contributed by atoms with Crippen molar-refractivity contribution in [3.8, 4) is 69.6 Å². The van der Waals surface area contributed by atoms with E-state index in [1.807, 2.05) is 34.9 Å². The Kier molecular flexibility index (Phi) is 21.5. The minimum atomic E-state index is -0.940. The highest BCUT2D eigenvalue weighted by molar-refractivity contribution is 5.86. The first-order chi connectivity index (χ1) is 48.8. The number of hydrogen-bond acceptors (Lipinski definition) is 25. The smallest absolute Gasteiger partial charge is 0.408 e. The number of nitrogens with zero attached hydrogens (tertiary/aromatic N) is 6. The maximum Gasteiger partial charge on any atom is 0.408 e. The van der Waals surface area contributed by atoms with Crippen molar-refractivity contribution in [1.82, 2.24) is 40.9 Å². The summed E-state index contributed by atoms with van der Waals surface area (Å²) in [5.74, 6) is 3.26. The summed E-state index contributed by atoms with van der Waals surface area (Å²) in [6.45, 7) is 22.5. The number of methoxy groups -OCH3 is 4. The van der Waals surface area contributed by atoms with Crippen LogP contribution in [0.2, 0.25) is 0 Å². The van der Waals surface area contributed by atoms with Crippen molar-refractivity contribution >= 4 is 30.0 Å². The molecule has 103 heavy (non-hydrogen) atoms. The molecule has 12 rings (SSSR count). The molecule has 4 bridgehead atoms. The predicted octanol–water partition coefficient (Wildman–Crippen LogP) is 7.28. The second kappa shape index (κ2) is 29.5. The third kappa shape index (κ3) is 13.9. The number of piperazine rings is 2. The average Bonchev–Trinajstić information content (AvgIpc) is 1.40. The Morgan fingerprint density at radius 1 is 0.573 bits per heavy atom. The van der Waals surface area contributed by atoms with Crippen molar-refractivity contribution in [2.24, 2.45) is 0 Å². The third-order valence-corrected chi connectivity index (χ3v) is 20.6. The van der Waals surface area contributed by atoms with Crippen molar-refractivity contribution in [1.29, 1.82) is 10.5 Å². The van der Waals surface area contributed by atoms with E-state index in [4.69, 9.17) is 61.6 Å². The SMILES string of the molecule is COCOc1c(OC)c(C)cc2c1[C@@H]1C3Cc4c(O)c(C)c5c(c4[C@H](CNC(=O)[C@H](C)NC(=O)OC(C)(C)C)N3[C@@H](C#N)[C@H](C2)N1C)OCO5.COCOc1c(OC)c(C)cc2c1[C@@H]1C3Cc4c(OC(C)=O)c(C)c5c(c4[C@H](CNC(=O)[C@H](C)NC(=O)OC(C)(C)C)N3[C@@H](C#N)[C@H](C2)N1C)OCO5. The summed E-state index contributed by atoms with van der Waals surface area (Å²) in [6.07, 6.45) is 0.414. The van der Waals surface area contributed by atoms with E-state index < -0.39 is 83.5 Å². The Bertz CT molecular complexity index is 4100. The molecular formula is C74H96N10O19. The molecule has 8 aliphatic rings. The van der Waals surface area contributed by atoms with Gasteiger partial charge in [0.2, 0.25) is 25.4 Å². The standard InChI is InChI=1S/C38H49N5O10.C36H47N5O9/c1-18-11-22-12-24-26(14-39)43-25(30(42(24)8)28(22)34(31(18)48-10)49-16-47-9)13-23-29(35-33(50-17-51-35)19(2)32(23)52-21(4)44)27(43)15-40-36(45)20(3)41-37(46)53-38(5,6)7;1-17-10-20-11-22-24(13-37)41-23(28(40(22)7)26(20)32(30(17)46-9)47-15-45-8)12-21-27(33-31(48-16-49-33)18(2)29(21)42)25(41)14-38-34(43)19(3)39-35(44)50-36(4,5)6/h11,20,24-27,30H,12-13,15-17H2,1-10H3,(H,40,45)(H,41,46);10,19,22-25,28,42H,11-12,14-16H2,1-9H3,(H,38,43)(H,39,44)/t20-,24-,25?,26-,27-,30-;19-,22-,23?,24-,25-,28-/m00/s1. The van der Waals surface area contributed by atoms with Gasteiger partial charge in [-0.3, -0.25) is 34.0 Å². The second-order valence-corrected chi connectivity index (χ2v) is 29.4. The Morgan fingerprint density at radius 3 is 1.36 bits per heavy atom. The Balaban J connectivity index is 0.000000207. The molecule has 0 radical (unpaired) electrons. The van der Waals surface area contributed by atoms with Crippen LogP contribution in [0.4, 0.5) is 9.59 Å². The zero-order valence-corrected chi connectivity index (χ0v) is 62.1. The summed E-state index contributed by atoms with van der Waals surface area (Å²) in [6, 6.07) is 3.27. The molecule has 5 N–H and O–H groups in total. The number of alkyl carbamates (subject to hydrolysis) is 2. The van der Waals surface area contributed by atoms with Gasteiger partial charge in [0.15, 0.2) is 59.6 Å². The summed E-state index contributed by atoms with van der Waals surface area (Å²) < 4.78 is 75.6. The third-order valence-electron chi connectivity index (χ3n) is 20.6. The number of aryl methyl sites for hydroxylation is 2. The molecule has 0 spiro atoms. The van der Waals surface area contributed by atoms with Crippen LogP contribution in [0.3, 0.4) is 0 Å². The molecular weight excluding hydrogens is 1330 g/mol. The van der Waals surface area contributed by atoms with Crippen molar-refractivity contribution in [3.05, 3.63) is 78.9 Å². The number of benzene rings is 4. The lowest BCUT2D eigenvalue weighted by Crippen LogP contribution is -2.69. The van der Waals surface area contributed by atoms with Gasteiger partial charge in [-0.05, 0) is 145 Å². The number of carbonyl (C=O) groups is 5. The second-order valence-electron chi connectivity index (χ2n) is 29.4. The van der Waals surface area contributed by atoms with Crippen molar-refractivity contribution in [3.63, 3.8) is 0 Å². The van der Waals surface area contributed by atoms with E-state index in [-0.39, 0.29) is 76.2 Å². The molecule has 4 amide bonds. The fourth-order valence-corrected chi connectivity index (χ4v) is 16.6. The first kappa shape index (κ1) is 74.9. The highest BCUT2D eigenvalue weighted by Gasteiger charge is 2.59. The van der Waals surface area contributed by atoms with Gasteiger partial charge in [0, 0.05) is 103 Å². The zero-order valence-electron chi connectivity index (χ0n) is 62.1. The van der Waals surface area contributed by atoms with Crippen LogP contribution >= 0.6 is 0 Å². The monoisotopic (exact) mass is 1430 g/mol. The van der Waals surface area contributed by atoms with Gasteiger partial charge in [-0.25, -0.2) is 9.59 Å². The lowest BCUT2D eigenvalue weighted by atomic mass is 9.71. The predicted molar refractivity (Wildman–Crippen MR) is 371 cm³/mol. The van der Waals surface area contributed by atoms with Crippen LogP contribution in [0.25, 0.3) is 0 Å². The van der Waals surface area contributed by atoms with Crippen molar-refractivity contribution in [2.75, 3.05) is 82.8 Å². The molecule has 2 unspecified atom stereocenters. The van der Waals surface area contributed by atoms with Crippen molar-refractivity contribution < 1.29 is 90.7 Å². The average molecular weight is 1430 g/mol. The van der Waals surface area contributed by atoms with E-state index in [0.29, 0.717) is 105 Å². The number of aromatic hydroxyl groups is 1. The minimum Gasteiger partial charge on any atom is -0.507 e. The van der Waals surface area contributed by atoms with Gasteiger partial charge in [0.1, 0.15) is 46.9 Å². The van der Waals surface area contributed by atoms with Crippen LogP contribution in [0.5, 0.6) is 57.5 Å². The Morgan fingerprint density at radius 2 is 0.971 bits per heavy atom. The number of fused-ring (bicyclic) bond motifs is 18. The highest BCUT2D eigenvalue weighted by Crippen LogP contribution is 2.61. The molecule has 0 aromatic heterocycles. The summed E-state index contributed by atoms with van der Waals surface area (Å²) in [4.78, 5) is 73.5. The summed E-state index contributed by atoms with van der Waals surface area (Å²) in [5.41, 5.74) is 8.20. The van der Waals surface area contributed by atoms with Crippen LogP contribution < -0.4 is 63.9 Å². The first-order valence-corrected chi connectivity index (χ1v) is 34.6. The number of esters is 1. The van der Waals surface area contributed by atoms with E-state index in [2.05, 4.69) is 65.1 Å². The Hall–Kier alpha value is -9.23. The van der Waals surface area contributed by atoms with Crippen molar-refractivity contribution in [2.45, 2.75) is 199 Å². The van der Waals surface area contributed by atoms with Gasteiger partial charge in [0.05, 0.1) is 50.5 Å². The molecule has 29 nitrogen and oxygen atoms in total. The molecule has 2 fully saturated rings. The number of phenolic OH excluding ortho intramolecular Hbond substituents is 1. The topological polar surface area (TPSA) is 334 Å². The molecule has 0 saturated carbocycles. The van der Waals surface area contributed by atoms with E-state index >= 15 is 0 Å². The van der Waals surface area contributed by atoms with E-state index in [1.54, 1.807) is 90.8 Å². The number of amides is 4. The van der Waals surface area contributed by atoms with Gasteiger partial charge < -0.3 is 88.0 Å². The molecule has 8 aliphatic heterocycles. The molecule has 4 aromatic carbocycles. The lowest BCUT2D eigenvalue weighted by Gasteiger charge is -2.60. The molecule has 29 heteroatoms. The van der Waals surface area contributed by atoms with Crippen LogP contribution in [-0.2, 0) is 59.0 Å². The minimum absolute atomic E-state index is 0.00636. The lowest BCUT2D eigenvalue weighted by molar-refractivity contribution is -0.132. The van der Waals surface area contributed by atoms with Gasteiger partial charge in [-0.1, -0.05) is 12.1 Å². The van der Waals surface area contributed by atoms with Crippen LogP contribution in [-0.4, -0.2) is 197 Å². The Labute approximate surface area is 600 Å². The molecule has 8 heterocycles. The number of nitrogens with one attached hydrogen (secondary N) is 4. The highest BCUT2D eigenvalue weighted by atomic mass is 16.7. The molecule has 4 aromatic rings.